The second-order valence-corrected chi connectivity index (χ2v) is 3.90. The van der Waals surface area contributed by atoms with Crippen molar-refractivity contribution < 1.29 is 5.11 Å². The minimum Gasteiger partial charge on any atom is -0.508 e. The molecule has 0 aliphatic carbocycles. The third kappa shape index (κ3) is 1.70. The molecule has 0 spiro atoms. The zero-order valence-corrected chi connectivity index (χ0v) is 9.33. The number of phenols is 1. The fourth-order valence-corrected chi connectivity index (χ4v) is 1.73. The Labute approximate surface area is 101 Å². The first-order chi connectivity index (χ1) is 8.24. The van der Waals surface area contributed by atoms with Crippen LogP contribution in [-0.2, 0) is 0 Å². The van der Waals surface area contributed by atoms with E-state index >= 15 is 0 Å². The Bertz CT molecular complexity index is 678. The minimum absolute atomic E-state index is 0.208. The van der Waals surface area contributed by atoms with E-state index in [0.29, 0.717) is 11.0 Å². The second-order valence-electron chi connectivity index (χ2n) is 3.51. The molecular weight excluding hydrogens is 240 g/mol. The molecule has 1 N–H and O–H groups in total. The van der Waals surface area contributed by atoms with Crippen LogP contribution >= 0.6 is 11.6 Å². The van der Waals surface area contributed by atoms with Gasteiger partial charge in [0.1, 0.15) is 5.75 Å². The fourth-order valence-electron chi connectivity index (χ4n) is 1.62. The summed E-state index contributed by atoms with van der Waals surface area (Å²) < 4.78 is 1.64. The summed E-state index contributed by atoms with van der Waals surface area (Å²) in [5.74, 6) is 0.786. The maximum absolute atomic E-state index is 9.36. The number of benzene rings is 1. The monoisotopic (exact) mass is 246 g/mol. The van der Waals surface area contributed by atoms with Crippen molar-refractivity contribution in [3.63, 3.8) is 0 Å². The standard InChI is InChI=1S/C11H7ClN4O/c12-10-3-4-11(15-14-10)16-9-2-1-8(17)5-7(9)6-13-16/h1-6,17H. The second kappa shape index (κ2) is 3.71. The number of rotatable bonds is 1. The summed E-state index contributed by atoms with van der Waals surface area (Å²) in [7, 11) is 0. The van der Waals surface area contributed by atoms with E-state index in [1.165, 1.54) is 0 Å². The van der Waals surface area contributed by atoms with E-state index in [1.807, 2.05) is 0 Å². The number of aromatic hydroxyl groups is 1. The summed E-state index contributed by atoms with van der Waals surface area (Å²) in [5, 5.41) is 22.4. The molecule has 0 radical (unpaired) electrons. The quantitative estimate of drug-likeness (QED) is 0.715. The van der Waals surface area contributed by atoms with E-state index in [4.69, 9.17) is 11.6 Å². The summed E-state index contributed by atoms with van der Waals surface area (Å²) in [6, 6.07) is 8.40. The maximum Gasteiger partial charge on any atom is 0.176 e. The van der Waals surface area contributed by atoms with Crippen molar-refractivity contribution in [2.24, 2.45) is 0 Å². The highest BCUT2D eigenvalue weighted by Gasteiger charge is 2.06. The number of nitrogens with zero attached hydrogens (tertiary/aromatic N) is 4. The van der Waals surface area contributed by atoms with Gasteiger partial charge in [-0.15, -0.1) is 10.2 Å². The normalized spacial score (nSPS) is 10.9. The third-order valence-corrected chi connectivity index (χ3v) is 2.59. The fraction of sp³-hybridized carbons (Fsp3) is 0. The van der Waals surface area contributed by atoms with Crippen molar-refractivity contribution in [2.45, 2.75) is 0 Å². The average Bonchev–Trinajstić information content (AvgIpc) is 2.73. The van der Waals surface area contributed by atoms with Gasteiger partial charge in [-0.25, -0.2) is 4.68 Å². The molecule has 1 aromatic carbocycles. The first-order valence-corrected chi connectivity index (χ1v) is 5.28. The summed E-state index contributed by atoms with van der Waals surface area (Å²) in [4.78, 5) is 0. The largest absolute Gasteiger partial charge is 0.508 e. The van der Waals surface area contributed by atoms with Gasteiger partial charge in [0.25, 0.3) is 0 Å². The Morgan fingerprint density at radius 2 is 2.00 bits per heavy atom. The predicted molar refractivity (Wildman–Crippen MR) is 63.3 cm³/mol. The van der Waals surface area contributed by atoms with E-state index in [2.05, 4.69) is 15.3 Å². The van der Waals surface area contributed by atoms with Crippen molar-refractivity contribution in [1.82, 2.24) is 20.0 Å². The van der Waals surface area contributed by atoms with Crippen LogP contribution in [0.4, 0.5) is 0 Å². The Hall–Kier alpha value is -2.14. The van der Waals surface area contributed by atoms with Crippen molar-refractivity contribution >= 4 is 22.5 Å². The molecule has 6 heteroatoms. The van der Waals surface area contributed by atoms with E-state index in [1.54, 1.807) is 41.2 Å². The summed E-state index contributed by atoms with van der Waals surface area (Å²) in [5.41, 5.74) is 0.847. The predicted octanol–water partition coefficient (Wildman–Crippen LogP) is 2.17. The van der Waals surface area contributed by atoms with Gasteiger partial charge in [-0.3, -0.25) is 0 Å². The molecule has 0 amide bonds. The first-order valence-electron chi connectivity index (χ1n) is 4.90. The van der Waals surface area contributed by atoms with Gasteiger partial charge in [0.15, 0.2) is 11.0 Å². The Balaban J connectivity index is 2.21. The van der Waals surface area contributed by atoms with Gasteiger partial charge in [-0.05, 0) is 30.3 Å². The lowest BCUT2D eigenvalue weighted by molar-refractivity contribution is 0.476. The maximum atomic E-state index is 9.36. The average molecular weight is 247 g/mol. The lowest BCUT2D eigenvalue weighted by atomic mass is 10.2. The molecule has 0 saturated carbocycles. The summed E-state index contributed by atoms with van der Waals surface area (Å²) in [6.07, 6.45) is 1.66. The van der Waals surface area contributed by atoms with Gasteiger partial charge in [-0.2, -0.15) is 5.10 Å². The van der Waals surface area contributed by atoms with Crippen molar-refractivity contribution in [3.05, 3.63) is 41.7 Å². The van der Waals surface area contributed by atoms with Crippen LogP contribution in [-0.4, -0.2) is 25.1 Å². The van der Waals surface area contributed by atoms with Crippen LogP contribution in [0, 0.1) is 0 Å². The number of phenolic OH excluding ortho intramolecular Hbond substituents is 1. The van der Waals surface area contributed by atoms with Crippen LogP contribution < -0.4 is 0 Å². The molecule has 2 heterocycles. The van der Waals surface area contributed by atoms with Crippen molar-refractivity contribution in [2.75, 3.05) is 0 Å². The number of fused-ring (bicyclic) bond motifs is 1. The molecule has 3 aromatic rings. The molecule has 3 rings (SSSR count). The summed E-state index contributed by atoms with van der Waals surface area (Å²) in [6.45, 7) is 0. The number of halogens is 1. The van der Waals surface area contributed by atoms with Gasteiger partial charge >= 0.3 is 0 Å². The molecule has 84 valence electrons. The van der Waals surface area contributed by atoms with Gasteiger partial charge in [0.2, 0.25) is 0 Å². The zero-order valence-electron chi connectivity index (χ0n) is 8.58. The van der Waals surface area contributed by atoms with E-state index < -0.39 is 0 Å². The van der Waals surface area contributed by atoms with Gasteiger partial charge < -0.3 is 5.11 Å². The van der Waals surface area contributed by atoms with E-state index in [0.717, 1.165) is 10.9 Å². The highest BCUT2D eigenvalue weighted by Crippen LogP contribution is 2.21. The molecule has 2 aromatic heterocycles. The van der Waals surface area contributed by atoms with Crippen LogP contribution in [0.1, 0.15) is 0 Å². The first kappa shape index (κ1) is 10.0. The lowest BCUT2D eigenvalue weighted by Crippen LogP contribution is -2.00. The lowest BCUT2D eigenvalue weighted by Gasteiger charge is -2.01. The molecule has 0 aliphatic rings. The van der Waals surface area contributed by atoms with Crippen LogP contribution in [0.25, 0.3) is 16.7 Å². The summed E-state index contributed by atoms with van der Waals surface area (Å²) >= 11 is 5.68. The van der Waals surface area contributed by atoms with E-state index in [9.17, 15) is 5.11 Å². The van der Waals surface area contributed by atoms with E-state index in [-0.39, 0.29) is 5.75 Å². The molecular formula is C11H7ClN4O. The smallest absolute Gasteiger partial charge is 0.176 e. The molecule has 0 fully saturated rings. The molecule has 0 saturated heterocycles. The third-order valence-electron chi connectivity index (χ3n) is 2.39. The Morgan fingerprint density at radius 3 is 2.76 bits per heavy atom. The molecule has 0 atom stereocenters. The van der Waals surface area contributed by atoms with Crippen LogP contribution in [0.15, 0.2) is 36.5 Å². The Kier molecular flexibility index (Phi) is 2.19. The molecule has 0 bridgehead atoms. The molecule has 17 heavy (non-hydrogen) atoms. The number of hydrogen-bond acceptors (Lipinski definition) is 4. The molecule has 0 aliphatic heterocycles. The van der Waals surface area contributed by atoms with Gasteiger partial charge in [-0.1, -0.05) is 11.6 Å². The molecule has 0 unspecified atom stereocenters. The molecule has 5 nitrogen and oxygen atoms in total. The topological polar surface area (TPSA) is 63.8 Å². The van der Waals surface area contributed by atoms with Crippen molar-refractivity contribution in [3.8, 4) is 11.6 Å². The highest BCUT2D eigenvalue weighted by atomic mass is 35.5. The number of aromatic nitrogens is 4. The van der Waals surface area contributed by atoms with Gasteiger partial charge in [0, 0.05) is 5.39 Å². The Morgan fingerprint density at radius 1 is 1.12 bits per heavy atom. The highest BCUT2D eigenvalue weighted by molar-refractivity contribution is 6.29. The minimum atomic E-state index is 0.208. The van der Waals surface area contributed by atoms with Crippen LogP contribution in [0.3, 0.4) is 0 Å². The van der Waals surface area contributed by atoms with Crippen LogP contribution in [0.5, 0.6) is 5.75 Å². The number of hydrogen-bond donors (Lipinski definition) is 1. The zero-order chi connectivity index (χ0) is 11.8. The van der Waals surface area contributed by atoms with Gasteiger partial charge in [0.05, 0.1) is 11.7 Å². The SMILES string of the molecule is Oc1ccc2c(cnn2-c2ccc(Cl)nn2)c1. The van der Waals surface area contributed by atoms with Crippen LogP contribution in [0.2, 0.25) is 5.15 Å². The van der Waals surface area contributed by atoms with Crippen molar-refractivity contribution in [1.29, 1.82) is 0 Å².